The first kappa shape index (κ1) is 23.4. The van der Waals surface area contributed by atoms with Crippen LogP contribution in [0.1, 0.15) is 56.2 Å². The van der Waals surface area contributed by atoms with E-state index in [0.717, 1.165) is 0 Å². The van der Waals surface area contributed by atoms with Crippen LogP contribution in [0.3, 0.4) is 0 Å². The molecule has 0 atom stereocenters. The van der Waals surface area contributed by atoms with Gasteiger partial charge in [-0.25, -0.2) is 0 Å². The lowest BCUT2D eigenvalue weighted by Gasteiger charge is -2.03. The molecule has 156 valence electrons. The van der Waals surface area contributed by atoms with Crippen molar-refractivity contribution in [3.63, 3.8) is 0 Å². The highest BCUT2D eigenvalue weighted by Crippen LogP contribution is 2.14. The Labute approximate surface area is 183 Å². The lowest BCUT2D eigenvalue weighted by molar-refractivity contribution is 0.795. The Kier molecular flexibility index (Phi) is 10.4. The van der Waals surface area contributed by atoms with Crippen LogP contribution < -0.4 is 0 Å². The van der Waals surface area contributed by atoms with E-state index in [1.165, 1.54) is 46.7 Å². The van der Waals surface area contributed by atoms with E-state index < -0.39 is 0 Å². The van der Waals surface area contributed by atoms with Crippen molar-refractivity contribution >= 4 is 10.8 Å². The molecule has 0 aliphatic rings. The summed E-state index contributed by atoms with van der Waals surface area (Å²) in [5, 5.41) is 2.62. The fraction of sp³-hybridized carbons (Fsp3) is 0.267. The molecule has 0 radical (unpaired) electrons. The van der Waals surface area contributed by atoms with Crippen molar-refractivity contribution < 1.29 is 0 Å². The van der Waals surface area contributed by atoms with Gasteiger partial charge in [-0.1, -0.05) is 136 Å². The third-order valence-corrected chi connectivity index (χ3v) is 5.06. The molecule has 0 aromatic heterocycles. The molecular formula is C30H36. The molecule has 0 unspecified atom stereocenters. The summed E-state index contributed by atoms with van der Waals surface area (Å²) in [6.07, 6.45) is 3.83. The third kappa shape index (κ3) is 8.66. The summed E-state index contributed by atoms with van der Waals surface area (Å²) < 4.78 is 0. The van der Waals surface area contributed by atoms with Gasteiger partial charge in [0.1, 0.15) is 0 Å². The smallest absolute Gasteiger partial charge is 0.0184 e. The minimum absolute atomic E-state index is 0.653. The minimum Gasteiger partial charge on any atom is -0.0654 e. The molecule has 4 aromatic rings. The van der Waals surface area contributed by atoms with Gasteiger partial charge in [-0.3, -0.25) is 0 Å². The van der Waals surface area contributed by atoms with Crippen molar-refractivity contribution in [3.8, 4) is 0 Å². The molecule has 0 bridgehead atoms. The number of aryl methyl sites for hydroxylation is 2. The molecule has 0 nitrogen and oxygen atoms in total. The molecule has 0 amide bonds. The molecule has 0 aliphatic carbocycles. The summed E-state index contributed by atoms with van der Waals surface area (Å²) in [5.74, 6) is 0.653. The topological polar surface area (TPSA) is 0 Å². The van der Waals surface area contributed by atoms with Gasteiger partial charge in [0.15, 0.2) is 0 Å². The fourth-order valence-electron chi connectivity index (χ4n) is 3.11. The van der Waals surface area contributed by atoms with Crippen LogP contribution in [-0.4, -0.2) is 0 Å². The maximum absolute atomic E-state index is 2.23. The first-order valence-electron chi connectivity index (χ1n) is 11.1. The summed E-state index contributed by atoms with van der Waals surface area (Å²) in [6.45, 7) is 8.77. The Morgan fingerprint density at radius 3 is 1.50 bits per heavy atom. The van der Waals surface area contributed by atoms with Crippen LogP contribution in [0, 0.1) is 6.92 Å². The molecule has 0 heteroatoms. The Hall–Kier alpha value is -2.86. The average Bonchev–Trinajstić information content (AvgIpc) is 2.80. The summed E-state index contributed by atoms with van der Waals surface area (Å²) in [4.78, 5) is 0. The van der Waals surface area contributed by atoms with Gasteiger partial charge in [-0.05, 0) is 47.6 Å². The standard InChI is InChI=1S/C10H8.2C10H14/c1-2-6-10-8-4-3-7-9(10)5-1;1-8(2)10-6-4-9(3)5-7-10;1-2-3-7-10-8-5-4-6-9-10/h1-8H;4-8H,1-3H3;4-6,8-9H,2-3,7H2,1H3. The number of hydrogen-bond donors (Lipinski definition) is 0. The predicted octanol–water partition coefficient (Wildman–Crippen LogP) is 8.99. The van der Waals surface area contributed by atoms with E-state index in [1.807, 2.05) is 0 Å². The zero-order valence-corrected chi connectivity index (χ0v) is 19.0. The highest BCUT2D eigenvalue weighted by atomic mass is 14.0. The fourth-order valence-corrected chi connectivity index (χ4v) is 3.11. The number of hydrogen-bond acceptors (Lipinski definition) is 0. The average molecular weight is 397 g/mol. The molecule has 4 aromatic carbocycles. The molecule has 0 heterocycles. The number of benzene rings is 4. The van der Waals surface area contributed by atoms with E-state index in [1.54, 1.807) is 0 Å². The maximum Gasteiger partial charge on any atom is -0.0184 e. The summed E-state index contributed by atoms with van der Waals surface area (Å²) in [5.41, 5.74) is 4.22. The van der Waals surface area contributed by atoms with E-state index in [2.05, 4.69) is 131 Å². The second kappa shape index (κ2) is 13.4. The summed E-state index contributed by atoms with van der Waals surface area (Å²) in [7, 11) is 0. The van der Waals surface area contributed by atoms with Crippen LogP contribution in [0.2, 0.25) is 0 Å². The molecule has 0 aliphatic heterocycles. The minimum atomic E-state index is 0.653. The lowest BCUT2D eigenvalue weighted by Crippen LogP contribution is -1.85. The Morgan fingerprint density at radius 2 is 1.07 bits per heavy atom. The largest absolute Gasteiger partial charge is 0.0654 e. The molecule has 0 N–H and O–H groups in total. The van der Waals surface area contributed by atoms with Crippen molar-refractivity contribution in [2.24, 2.45) is 0 Å². The summed E-state index contributed by atoms with van der Waals surface area (Å²) >= 11 is 0. The molecular weight excluding hydrogens is 360 g/mol. The molecule has 30 heavy (non-hydrogen) atoms. The van der Waals surface area contributed by atoms with Gasteiger partial charge >= 0.3 is 0 Å². The van der Waals surface area contributed by atoms with Gasteiger partial charge in [-0.2, -0.15) is 0 Å². The van der Waals surface area contributed by atoms with Crippen LogP contribution in [-0.2, 0) is 6.42 Å². The number of fused-ring (bicyclic) bond motifs is 1. The van der Waals surface area contributed by atoms with Crippen LogP contribution in [0.4, 0.5) is 0 Å². The normalized spacial score (nSPS) is 10.0. The molecule has 0 saturated heterocycles. The Balaban J connectivity index is 0.000000160. The zero-order chi connectivity index (χ0) is 21.6. The summed E-state index contributed by atoms with van der Waals surface area (Å²) in [6, 6.07) is 36.1. The molecule has 4 rings (SSSR count). The van der Waals surface area contributed by atoms with Gasteiger partial charge in [0, 0.05) is 0 Å². The van der Waals surface area contributed by atoms with Gasteiger partial charge < -0.3 is 0 Å². The van der Waals surface area contributed by atoms with Gasteiger partial charge in [0.2, 0.25) is 0 Å². The van der Waals surface area contributed by atoms with Crippen molar-refractivity contribution in [3.05, 3.63) is 120 Å². The first-order valence-corrected chi connectivity index (χ1v) is 11.1. The van der Waals surface area contributed by atoms with E-state index in [4.69, 9.17) is 0 Å². The predicted molar refractivity (Wildman–Crippen MR) is 134 cm³/mol. The molecule has 0 fully saturated rings. The zero-order valence-electron chi connectivity index (χ0n) is 19.0. The van der Waals surface area contributed by atoms with Crippen LogP contribution >= 0.6 is 0 Å². The third-order valence-electron chi connectivity index (χ3n) is 5.06. The van der Waals surface area contributed by atoms with Gasteiger partial charge in [0.05, 0.1) is 0 Å². The SMILES string of the molecule is CCCCc1ccccc1.Cc1ccc(C(C)C)cc1.c1ccc2ccccc2c1. The van der Waals surface area contributed by atoms with Gasteiger partial charge in [-0.15, -0.1) is 0 Å². The van der Waals surface area contributed by atoms with Crippen LogP contribution in [0.25, 0.3) is 10.8 Å². The van der Waals surface area contributed by atoms with Gasteiger partial charge in [0.25, 0.3) is 0 Å². The van der Waals surface area contributed by atoms with E-state index >= 15 is 0 Å². The second-order valence-electron chi connectivity index (χ2n) is 8.00. The van der Waals surface area contributed by atoms with Crippen LogP contribution in [0.15, 0.2) is 103 Å². The van der Waals surface area contributed by atoms with Crippen LogP contribution in [0.5, 0.6) is 0 Å². The van der Waals surface area contributed by atoms with Crippen molar-refractivity contribution in [2.45, 2.75) is 52.9 Å². The monoisotopic (exact) mass is 396 g/mol. The highest BCUT2D eigenvalue weighted by Gasteiger charge is 1.95. The van der Waals surface area contributed by atoms with E-state index in [9.17, 15) is 0 Å². The second-order valence-corrected chi connectivity index (χ2v) is 8.00. The maximum atomic E-state index is 2.23. The van der Waals surface area contributed by atoms with E-state index in [-0.39, 0.29) is 0 Å². The Morgan fingerprint density at radius 1 is 0.600 bits per heavy atom. The van der Waals surface area contributed by atoms with Crippen molar-refractivity contribution in [1.29, 1.82) is 0 Å². The number of rotatable bonds is 4. The lowest BCUT2D eigenvalue weighted by atomic mass is 10.0. The van der Waals surface area contributed by atoms with E-state index in [0.29, 0.717) is 5.92 Å². The molecule has 0 saturated carbocycles. The Bertz CT molecular complexity index is 884. The first-order chi connectivity index (χ1) is 14.6. The molecule has 0 spiro atoms. The quantitative estimate of drug-likeness (QED) is 0.323. The number of unbranched alkanes of at least 4 members (excludes halogenated alkanes) is 1. The van der Waals surface area contributed by atoms with Crippen molar-refractivity contribution in [1.82, 2.24) is 0 Å². The highest BCUT2D eigenvalue weighted by molar-refractivity contribution is 5.82. The van der Waals surface area contributed by atoms with Crippen molar-refractivity contribution in [2.75, 3.05) is 0 Å².